The van der Waals surface area contributed by atoms with E-state index in [4.69, 9.17) is 5.73 Å². The molecule has 0 unspecified atom stereocenters. The molecule has 21 heavy (non-hydrogen) atoms. The van der Waals surface area contributed by atoms with E-state index in [1.165, 1.54) is 38.5 Å². The summed E-state index contributed by atoms with van der Waals surface area (Å²) in [4.78, 5) is 18.5. The molecule has 0 bridgehead atoms. The molecule has 1 spiro atoms. The molecule has 2 saturated carbocycles. The van der Waals surface area contributed by atoms with Crippen molar-refractivity contribution in [3.05, 3.63) is 29.5 Å². The predicted octanol–water partition coefficient (Wildman–Crippen LogP) is 2.49. The summed E-state index contributed by atoms with van der Waals surface area (Å²) in [6, 6.07) is 4.42. The first-order valence-corrected chi connectivity index (χ1v) is 7.89. The van der Waals surface area contributed by atoms with E-state index in [9.17, 15) is 4.79 Å². The summed E-state index contributed by atoms with van der Waals surface area (Å²) in [6.45, 7) is 0.608. The topological polar surface area (TPSA) is 59.2 Å². The van der Waals surface area contributed by atoms with E-state index in [-0.39, 0.29) is 5.91 Å². The molecule has 4 heteroatoms. The fourth-order valence-electron chi connectivity index (χ4n) is 3.91. The van der Waals surface area contributed by atoms with E-state index in [1.807, 2.05) is 24.4 Å². The number of fused-ring (bicyclic) bond motifs is 1. The third kappa shape index (κ3) is 2.23. The van der Waals surface area contributed by atoms with Crippen LogP contribution in [0.2, 0.25) is 0 Å². The Morgan fingerprint density at radius 1 is 1.29 bits per heavy atom. The number of nitrogens with zero attached hydrogens (tertiary/aromatic N) is 2. The van der Waals surface area contributed by atoms with Crippen molar-refractivity contribution in [1.82, 2.24) is 4.98 Å². The number of nitrogens with two attached hydrogens (primary N) is 1. The lowest BCUT2D eigenvalue weighted by atomic mass is 9.82. The Balaban J connectivity index is 1.62. The van der Waals surface area contributed by atoms with Crippen LogP contribution < -0.4 is 10.6 Å². The zero-order valence-corrected chi connectivity index (χ0v) is 12.2. The van der Waals surface area contributed by atoms with E-state index in [1.54, 1.807) is 0 Å². The van der Waals surface area contributed by atoms with Gasteiger partial charge >= 0.3 is 0 Å². The van der Waals surface area contributed by atoms with Crippen molar-refractivity contribution in [1.29, 1.82) is 0 Å². The Morgan fingerprint density at radius 3 is 2.71 bits per heavy atom. The molecular weight excluding hydrogens is 262 g/mol. The highest BCUT2D eigenvalue weighted by Gasteiger charge is 2.46. The minimum Gasteiger partial charge on any atom is -0.366 e. The average molecular weight is 283 g/mol. The fourth-order valence-corrected chi connectivity index (χ4v) is 3.91. The van der Waals surface area contributed by atoms with Crippen LogP contribution in [0.4, 0.5) is 5.82 Å². The van der Waals surface area contributed by atoms with Crippen molar-refractivity contribution >= 4 is 17.8 Å². The van der Waals surface area contributed by atoms with Crippen molar-refractivity contribution in [2.75, 3.05) is 11.4 Å². The second-order valence-corrected chi connectivity index (χ2v) is 6.81. The van der Waals surface area contributed by atoms with E-state index in [0.29, 0.717) is 23.6 Å². The Kier molecular flexibility index (Phi) is 2.81. The highest BCUT2D eigenvalue weighted by molar-refractivity contribution is 5.99. The zero-order valence-electron chi connectivity index (χ0n) is 12.2. The second-order valence-electron chi connectivity index (χ2n) is 6.81. The van der Waals surface area contributed by atoms with Crippen LogP contribution >= 0.6 is 0 Å². The minimum absolute atomic E-state index is 0.316. The summed E-state index contributed by atoms with van der Waals surface area (Å²) in [5, 5.41) is 0. The van der Waals surface area contributed by atoms with Crippen LogP contribution in [0.15, 0.2) is 23.9 Å². The molecule has 110 valence electrons. The molecule has 1 aliphatic heterocycles. The van der Waals surface area contributed by atoms with Crippen LogP contribution in [0.1, 0.15) is 44.1 Å². The number of rotatable bonds is 2. The third-order valence-electron chi connectivity index (χ3n) is 5.49. The van der Waals surface area contributed by atoms with Crippen LogP contribution in [0, 0.1) is 5.41 Å². The molecule has 1 amide bonds. The van der Waals surface area contributed by atoms with Gasteiger partial charge in [0.1, 0.15) is 5.82 Å². The zero-order chi connectivity index (χ0) is 14.4. The molecule has 2 heterocycles. The van der Waals surface area contributed by atoms with Gasteiger partial charge in [0.2, 0.25) is 5.91 Å². The Bertz CT molecular complexity index is 608. The van der Waals surface area contributed by atoms with Crippen molar-refractivity contribution in [3.8, 4) is 0 Å². The summed E-state index contributed by atoms with van der Waals surface area (Å²) < 4.78 is 0. The minimum atomic E-state index is -0.316. The molecule has 4 nitrogen and oxygen atoms in total. The van der Waals surface area contributed by atoms with Gasteiger partial charge in [0, 0.05) is 23.4 Å². The molecule has 3 aliphatic rings. The molecule has 2 aliphatic carbocycles. The Hall–Kier alpha value is -1.84. The van der Waals surface area contributed by atoms with Gasteiger partial charge in [0.05, 0.1) is 6.54 Å². The van der Waals surface area contributed by atoms with Crippen LogP contribution in [0.3, 0.4) is 0 Å². The standard InChI is InChI=1S/C17H21N3O/c18-15(21)13-10-12-2-1-9-19-16(12)20(11-13)14-3-5-17(6-4-14)7-8-17/h1-2,9-10,14H,3-8,11H2,(H2,18,21). The van der Waals surface area contributed by atoms with Gasteiger partial charge in [-0.05, 0) is 62.1 Å². The number of hydrogen-bond acceptors (Lipinski definition) is 3. The van der Waals surface area contributed by atoms with Crippen LogP contribution in [0.5, 0.6) is 0 Å². The second kappa shape index (κ2) is 4.58. The number of carbonyl (C=O) groups is 1. The number of aromatic nitrogens is 1. The lowest BCUT2D eigenvalue weighted by molar-refractivity contribution is -0.114. The van der Waals surface area contributed by atoms with Crippen LogP contribution in [-0.2, 0) is 4.79 Å². The number of primary amides is 1. The number of anilines is 1. The van der Waals surface area contributed by atoms with Gasteiger partial charge in [-0.2, -0.15) is 0 Å². The average Bonchev–Trinajstić information content (AvgIpc) is 3.26. The van der Waals surface area contributed by atoms with Crippen molar-refractivity contribution in [2.24, 2.45) is 11.1 Å². The van der Waals surface area contributed by atoms with Gasteiger partial charge in [0.15, 0.2) is 0 Å². The summed E-state index contributed by atoms with van der Waals surface area (Å²) in [5.74, 6) is 0.697. The summed E-state index contributed by atoms with van der Waals surface area (Å²) in [7, 11) is 0. The fraction of sp³-hybridized carbons (Fsp3) is 0.529. The molecule has 0 radical (unpaired) electrons. The van der Waals surface area contributed by atoms with Crippen molar-refractivity contribution in [3.63, 3.8) is 0 Å². The SMILES string of the molecule is NC(=O)C1=Cc2cccnc2N(C2CCC3(CC2)CC3)C1. The molecule has 1 aromatic heterocycles. The number of hydrogen-bond donors (Lipinski definition) is 1. The van der Waals surface area contributed by atoms with Crippen LogP contribution in [-0.4, -0.2) is 23.5 Å². The first-order valence-electron chi connectivity index (χ1n) is 7.89. The summed E-state index contributed by atoms with van der Waals surface area (Å²) >= 11 is 0. The molecule has 2 fully saturated rings. The highest BCUT2D eigenvalue weighted by atomic mass is 16.1. The first kappa shape index (κ1) is 12.9. The quantitative estimate of drug-likeness (QED) is 0.907. The lowest BCUT2D eigenvalue weighted by Gasteiger charge is -2.40. The van der Waals surface area contributed by atoms with E-state index in [0.717, 1.165) is 11.4 Å². The van der Waals surface area contributed by atoms with Gasteiger partial charge < -0.3 is 10.6 Å². The smallest absolute Gasteiger partial charge is 0.246 e. The lowest BCUT2D eigenvalue weighted by Crippen LogP contribution is -2.43. The maximum absolute atomic E-state index is 11.6. The molecule has 1 aromatic rings. The van der Waals surface area contributed by atoms with E-state index in [2.05, 4.69) is 9.88 Å². The number of amides is 1. The van der Waals surface area contributed by atoms with E-state index < -0.39 is 0 Å². The summed E-state index contributed by atoms with van der Waals surface area (Å²) in [5.41, 5.74) is 7.91. The van der Waals surface area contributed by atoms with E-state index >= 15 is 0 Å². The molecule has 0 aromatic carbocycles. The van der Waals surface area contributed by atoms with Crippen LogP contribution in [0.25, 0.3) is 6.08 Å². The van der Waals surface area contributed by atoms with Gasteiger partial charge in [-0.25, -0.2) is 4.98 Å². The first-order chi connectivity index (χ1) is 10.2. The maximum atomic E-state index is 11.6. The largest absolute Gasteiger partial charge is 0.366 e. The molecule has 2 N–H and O–H groups in total. The highest BCUT2D eigenvalue weighted by Crippen LogP contribution is 2.56. The Morgan fingerprint density at radius 2 is 2.05 bits per heavy atom. The van der Waals surface area contributed by atoms with Gasteiger partial charge in [-0.15, -0.1) is 0 Å². The maximum Gasteiger partial charge on any atom is 0.246 e. The summed E-state index contributed by atoms with van der Waals surface area (Å²) in [6.07, 6.45) is 11.6. The monoisotopic (exact) mass is 283 g/mol. The van der Waals surface area contributed by atoms with Gasteiger partial charge in [0.25, 0.3) is 0 Å². The molecule has 0 atom stereocenters. The molecule has 4 rings (SSSR count). The Labute approximate surface area is 125 Å². The number of pyridine rings is 1. The van der Waals surface area contributed by atoms with Gasteiger partial charge in [-0.3, -0.25) is 4.79 Å². The predicted molar refractivity (Wildman–Crippen MR) is 82.7 cm³/mol. The van der Waals surface area contributed by atoms with Gasteiger partial charge in [-0.1, -0.05) is 0 Å². The van der Waals surface area contributed by atoms with Crippen molar-refractivity contribution < 1.29 is 4.79 Å². The molecular formula is C17H21N3O. The molecule has 0 saturated heterocycles. The van der Waals surface area contributed by atoms with Crippen molar-refractivity contribution in [2.45, 2.75) is 44.6 Å². The third-order valence-corrected chi connectivity index (χ3v) is 5.49. The number of carbonyl (C=O) groups excluding carboxylic acids is 1. The normalized spacial score (nSPS) is 23.6.